The highest BCUT2D eigenvalue weighted by atomic mass is 16.1. The van der Waals surface area contributed by atoms with Gasteiger partial charge in [-0.1, -0.05) is 12.5 Å². The Kier molecular flexibility index (Phi) is 5.48. The van der Waals surface area contributed by atoms with E-state index >= 15 is 0 Å². The van der Waals surface area contributed by atoms with Gasteiger partial charge in [-0.2, -0.15) is 0 Å². The van der Waals surface area contributed by atoms with Crippen LogP contribution in [0, 0.1) is 6.92 Å². The number of aryl methyl sites for hydroxylation is 1. The van der Waals surface area contributed by atoms with Crippen LogP contribution in [0.2, 0.25) is 0 Å². The molecule has 1 amide bonds. The number of aromatic nitrogens is 2. The minimum atomic E-state index is -0.0459. The summed E-state index contributed by atoms with van der Waals surface area (Å²) in [6, 6.07) is 7.53. The fourth-order valence-electron chi connectivity index (χ4n) is 3.64. The van der Waals surface area contributed by atoms with E-state index in [1.807, 2.05) is 32.0 Å². The lowest BCUT2D eigenvalue weighted by atomic mass is 9.98. The molecule has 0 bridgehead atoms. The van der Waals surface area contributed by atoms with E-state index in [-0.39, 0.29) is 17.5 Å². The van der Waals surface area contributed by atoms with E-state index in [1.165, 1.54) is 0 Å². The summed E-state index contributed by atoms with van der Waals surface area (Å²) in [4.78, 5) is 31.4. The van der Waals surface area contributed by atoms with Crippen molar-refractivity contribution in [1.29, 1.82) is 0 Å². The number of pyridine rings is 1. The first-order chi connectivity index (χ1) is 12.1. The van der Waals surface area contributed by atoms with Gasteiger partial charge in [0.15, 0.2) is 0 Å². The Bertz CT molecular complexity index is 815. The quantitative estimate of drug-likeness (QED) is 0.901. The van der Waals surface area contributed by atoms with Crippen LogP contribution in [0.1, 0.15) is 44.0 Å². The summed E-state index contributed by atoms with van der Waals surface area (Å²) in [5.74, 6) is 0.0987. The Balaban J connectivity index is 1.81. The second kappa shape index (κ2) is 7.78. The Hall–Kier alpha value is -2.21. The number of nitrogens with one attached hydrogen (secondary N) is 1. The molecule has 1 aliphatic rings. The minimum absolute atomic E-state index is 0.0459. The molecule has 6 nitrogen and oxygen atoms in total. The molecule has 0 radical (unpaired) electrons. The number of fused-ring (bicyclic) bond motifs is 1. The van der Waals surface area contributed by atoms with Crippen molar-refractivity contribution >= 4 is 11.6 Å². The molecule has 0 spiro atoms. The minimum Gasteiger partial charge on any atom is -0.356 e. The third-order valence-electron chi connectivity index (χ3n) is 4.84. The second-order valence-electron chi connectivity index (χ2n) is 6.72. The van der Waals surface area contributed by atoms with Crippen molar-refractivity contribution < 1.29 is 4.79 Å². The predicted molar refractivity (Wildman–Crippen MR) is 97.5 cm³/mol. The standard InChI is InChI=1S/C19H26N4O2/c1-3-20-18(24)12-16-8-4-5-10-22(16)13-15-11-19(25)23-14(2)7-6-9-17(23)21-15/h6-7,9,11,16H,3-5,8,10,12-13H2,1-2H3,(H,20,24). The lowest BCUT2D eigenvalue weighted by molar-refractivity contribution is -0.122. The maximum Gasteiger partial charge on any atom is 0.258 e. The van der Waals surface area contributed by atoms with Crippen LogP contribution in [0.4, 0.5) is 0 Å². The van der Waals surface area contributed by atoms with Gasteiger partial charge in [0.1, 0.15) is 5.65 Å². The van der Waals surface area contributed by atoms with Gasteiger partial charge in [0.25, 0.3) is 5.56 Å². The summed E-state index contributed by atoms with van der Waals surface area (Å²) in [6.07, 6.45) is 3.80. The van der Waals surface area contributed by atoms with Crippen molar-refractivity contribution in [2.24, 2.45) is 0 Å². The van der Waals surface area contributed by atoms with Crippen molar-refractivity contribution in [3.8, 4) is 0 Å². The fraction of sp³-hybridized carbons (Fsp3) is 0.526. The van der Waals surface area contributed by atoms with Crippen LogP contribution in [0.15, 0.2) is 29.1 Å². The molecule has 0 saturated carbocycles. The van der Waals surface area contributed by atoms with Crippen LogP contribution in [-0.4, -0.2) is 39.3 Å². The zero-order valence-electron chi connectivity index (χ0n) is 15.0. The number of hydrogen-bond donors (Lipinski definition) is 1. The highest BCUT2D eigenvalue weighted by molar-refractivity contribution is 5.76. The van der Waals surface area contributed by atoms with Gasteiger partial charge in [-0.15, -0.1) is 0 Å². The van der Waals surface area contributed by atoms with Crippen molar-refractivity contribution in [1.82, 2.24) is 19.6 Å². The molecule has 2 aromatic heterocycles. The van der Waals surface area contributed by atoms with E-state index in [0.29, 0.717) is 25.2 Å². The van der Waals surface area contributed by atoms with Crippen molar-refractivity contribution in [3.05, 3.63) is 46.0 Å². The van der Waals surface area contributed by atoms with Gasteiger partial charge in [-0.05, 0) is 45.4 Å². The molecule has 6 heteroatoms. The summed E-state index contributed by atoms with van der Waals surface area (Å²) in [5, 5.41) is 2.88. The van der Waals surface area contributed by atoms with Crippen LogP contribution in [0.25, 0.3) is 5.65 Å². The molecular weight excluding hydrogens is 316 g/mol. The number of rotatable bonds is 5. The molecule has 25 heavy (non-hydrogen) atoms. The summed E-state index contributed by atoms with van der Waals surface area (Å²) in [5.41, 5.74) is 2.29. The lowest BCUT2D eigenvalue weighted by Crippen LogP contribution is -2.42. The van der Waals surface area contributed by atoms with Crippen LogP contribution in [0.5, 0.6) is 0 Å². The molecule has 1 unspecified atom stereocenters. The monoisotopic (exact) mass is 342 g/mol. The molecule has 1 saturated heterocycles. The van der Waals surface area contributed by atoms with Gasteiger partial charge in [0, 0.05) is 37.3 Å². The van der Waals surface area contributed by atoms with Crippen LogP contribution in [0.3, 0.4) is 0 Å². The highest BCUT2D eigenvalue weighted by Gasteiger charge is 2.25. The Morgan fingerprint density at radius 1 is 1.36 bits per heavy atom. The molecule has 1 N–H and O–H groups in total. The smallest absolute Gasteiger partial charge is 0.258 e. The molecule has 1 fully saturated rings. The number of piperidine rings is 1. The van der Waals surface area contributed by atoms with Gasteiger partial charge in [-0.3, -0.25) is 18.9 Å². The zero-order chi connectivity index (χ0) is 17.8. The zero-order valence-corrected chi connectivity index (χ0v) is 15.0. The Labute approximate surface area is 147 Å². The van der Waals surface area contributed by atoms with Crippen LogP contribution >= 0.6 is 0 Å². The van der Waals surface area contributed by atoms with E-state index in [4.69, 9.17) is 0 Å². The number of carbonyl (C=O) groups excluding carboxylic acids is 1. The number of likely N-dealkylation sites (tertiary alicyclic amines) is 1. The summed E-state index contributed by atoms with van der Waals surface area (Å²) in [7, 11) is 0. The van der Waals surface area contributed by atoms with Crippen LogP contribution < -0.4 is 10.9 Å². The molecule has 1 atom stereocenters. The highest BCUT2D eigenvalue weighted by Crippen LogP contribution is 2.21. The van der Waals surface area contributed by atoms with E-state index in [0.717, 1.165) is 37.2 Å². The molecule has 3 heterocycles. The second-order valence-corrected chi connectivity index (χ2v) is 6.72. The van der Waals surface area contributed by atoms with Crippen molar-refractivity contribution in [2.45, 2.75) is 52.1 Å². The number of hydrogen-bond acceptors (Lipinski definition) is 4. The topological polar surface area (TPSA) is 66.7 Å². The van der Waals surface area contributed by atoms with Gasteiger partial charge in [0.2, 0.25) is 5.91 Å². The molecule has 0 aromatic carbocycles. The SMILES string of the molecule is CCNC(=O)CC1CCCCN1Cc1cc(=O)n2c(C)cccc2n1. The number of carbonyl (C=O) groups is 1. The molecule has 134 valence electrons. The maximum atomic E-state index is 12.4. The van der Waals surface area contributed by atoms with E-state index < -0.39 is 0 Å². The van der Waals surface area contributed by atoms with Crippen LogP contribution in [-0.2, 0) is 11.3 Å². The van der Waals surface area contributed by atoms with Gasteiger partial charge < -0.3 is 5.32 Å². The lowest BCUT2D eigenvalue weighted by Gasteiger charge is -2.35. The first-order valence-electron chi connectivity index (χ1n) is 9.07. The van der Waals surface area contributed by atoms with Gasteiger partial charge >= 0.3 is 0 Å². The Morgan fingerprint density at radius 2 is 2.20 bits per heavy atom. The average molecular weight is 342 g/mol. The molecule has 3 rings (SSSR count). The summed E-state index contributed by atoms with van der Waals surface area (Å²) in [6.45, 7) is 6.06. The Morgan fingerprint density at radius 3 is 3.00 bits per heavy atom. The van der Waals surface area contributed by atoms with Gasteiger partial charge in [-0.25, -0.2) is 4.98 Å². The first-order valence-corrected chi connectivity index (χ1v) is 9.07. The van der Waals surface area contributed by atoms with E-state index in [2.05, 4.69) is 15.2 Å². The predicted octanol–water partition coefficient (Wildman–Crippen LogP) is 1.88. The molecule has 2 aromatic rings. The van der Waals surface area contributed by atoms with Crippen molar-refractivity contribution in [2.75, 3.05) is 13.1 Å². The summed E-state index contributed by atoms with van der Waals surface area (Å²) < 4.78 is 1.63. The third-order valence-corrected chi connectivity index (χ3v) is 4.84. The first kappa shape index (κ1) is 17.6. The van der Waals surface area contributed by atoms with E-state index in [1.54, 1.807) is 10.5 Å². The maximum absolute atomic E-state index is 12.4. The van der Waals surface area contributed by atoms with Crippen molar-refractivity contribution in [3.63, 3.8) is 0 Å². The number of amides is 1. The van der Waals surface area contributed by atoms with Gasteiger partial charge in [0.05, 0.1) is 5.69 Å². The molecular formula is C19H26N4O2. The van der Waals surface area contributed by atoms with E-state index in [9.17, 15) is 9.59 Å². The average Bonchev–Trinajstić information content (AvgIpc) is 2.56. The normalized spacial score (nSPS) is 18.4. The molecule has 1 aliphatic heterocycles. The number of nitrogens with zero attached hydrogens (tertiary/aromatic N) is 3. The summed E-state index contributed by atoms with van der Waals surface area (Å²) >= 11 is 0. The third kappa shape index (κ3) is 4.07. The fourth-order valence-corrected chi connectivity index (χ4v) is 3.64. The largest absolute Gasteiger partial charge is 0.356 e. The molecule has 0 aliphatic carbocycles.